The van der Waals surface area contributed by atoms with E-state index in [0.29, 0.717) is 10.0 Å². The molecule has 108 valence electrons. The third-order valence-corrected chi connectivity index (χ3v) is 3.61. The lowest BCUT2D eigenvalue weighted by Crippen LogP contribution is -2.32. The summed E-state index contributed by atoms with van der Waals surface area (Å²) in [5, 5.41) is 4.83. The van der Waals surface area contributed by atoms with E-state index < -0.39 is 0 Å². The molecule has 0 aliphatic carbocycles. The minimum Gasteiger partial charge on any atom is -0.383 e. The molecule has 0 radical (unpaired) electrons. The number of nitrogens with zero attached hydrogens (tertiary/aromatic N) is 1. The Hall–Kier alpha value is -0.320. The van der Waals surface area contributed by atoms with Crippen LogP contribution in [0.5, 0.6) is 0 Å². The fourth-order valence-electron chi connectivity index (χ4n) is 1.79. The molecule has 0 bridgehead atoms. The van der Waals surface area contributed by atoms with Gasteiger partial charge in [-0.3, -0.25) is 0 Å². The van der Waals surface area contributed by atoms with Crippen molar-refractivity contribution in [1.82, 2.24) is 10.2 Å². The van der Waals surface area contributed by atoms with Gasteiger partial charge in [-0.15, -0.1) is 0 Å². The molecule has 0 spiro atoms. The summed E-state index contributed by atoms with van der Waals surface area (Å²) in [6.45, 7) is 5.67. The number of nitrogens with one attached hydrogen (secondary N) is 1. The summed E-state index contributed by atoms with van der Waals surface area (Å²) in [5.41, 5.74) is 1.07. The quantitative estimate of drug-likeness (QED) is 0.798. The topological polar surface area (TPSA) is 24.5 Å². The zero-order valence-electron chi connectivity index (χ0n) is 11.7. The third kappa shape index (κ3) is 6.11. The molecule has 1 aromatic rings. The van der Waals surface area contributed by atoms with Gasteiger partial charge in [-0.05, 0) is 31.7 Å². The molecular formula is C14H22Cl2N2O. The molecular weight excluding hydrogens is 283 g/mol. The van der Waals surface area contributed by atoms with E-state index in [2.05, 4.69) is 24.2 Å². The van der Waals surface area contributed by atoms with E-state index in [-0.39, 0.29) is 6.04 Å². The molecule has 1 aromatic carbocycles. The molecule has 0 amide bonds. The standard InChI is InChI=1S/C14H22Cl2N2O/c1-11(13-5-4-12(15)10-14(13)16)17-6-7-18(2)8-9-19-3/h4-5,10-11,17H,6-9H2,1-3H3. The normalized spacial score (nSPS) is 12.9. The Morgan fingerprint density at radius 3 is 2.68 bits per heavy atom. The maximum atomic E-state index is 6.18. The van der Waals surface area contributed by atoms with Gasteiger partial charge < -0.3 is 15.0 Å². The SMILES string of the molecule is COCCN(C)CCNC(C)c1ccc(Cl)cc1Cl. The Morgan fingerprint density at radius 1 is 1.32 bits per heavy atom. The predicted molar refractivity (Wildman–Crippen MR) is 82.3 cm³/mol. The van der Waals surface area contributed by atoms with Crippen molar-refractivity contribution in [2.24, 2.45) is 0 Å². The highest BCUT2D eigenvalue weighted by Crippen LogP contribution is 2.25. The maximum Gasteiger partial charge on any atom is 0.0589 e. The first-order chi connectivity index (χ1) is 9.04. The number of halogens is 2. The van der Waals surface area contributed by atoms with E-state index in [1.165, 1.54) is 0 Å². The molecule has 19 heavy (non-hydrogen) atoms. The van der Waals surface area contributed by atoms with Crippen LogP contribution in [-0.2, 0) is 4.74 Å². The lowest BCUT2D eigenvalue weighted by Gasteiger charge is -2.20. The number of hydrogen-bond acceptors (Lipinski definition) is 3. The molecule has 5 heteroatoms. The molecule has 1 unspecified atom stereocenters. The highest BCUT2D eigenvalue weighted by Gasteiger charge is 2.09. The molecule has 0 saturated heterocycles. The minimum atomic E-state index is 0.209. The fraction of sp³-hybridized carbons (Fsp3) is 0.571. The highest BCUT2D eigenvalue weighted by atomic mass is 35.5. The summed E-state index contributed by atoms with van der Waals surface area (Å²) in [5.74, 6) is 0. The molecule has 1 atom stereocenters. The van der Waals surface area contributed by atoms with Gasteiger partial charge in [0.1, 0.15) is 0 Å². The first-order valence-corrected chi connectivity index (χ1v) is 7.16. The van der Waals surface area contributed by atoms with Crippen LogP contribution in [0.2, 0.25) is 10.0 Å². The van der Waals surface area contributed by atoms with E-state index in [9.17, 15) is 0 Å². The van der Waals surface area contributed by atoms with Gasteiger partial charge in [-0.1, -0.05) is 29.3 Å². The number of rotatable bonds is 8. The number of ether oxygens (including phenoxy) is 1. The van der Waals surface area contributed by atoms with Crippen molar-refractivity contribution in [3.05, 3.63) is 33.8 Å². The number of hydrogen-bond donors (Lipinski definition) is 1. The average molecular weight is 305 g/mol. The molecule has 0 heterocycles. The van der Waals surface area contributed by atoms with Crippen molar-refractivity contribution >= 4 is 23.2 Å². The molecule has 0 aromatic heterocycles. The van der Waals surface area contributed by atoms with E-state index in [1.54, 1.807) is 13.2 Å². The molecule has 1 N–H and O–H groups in total. The molecule has 0 fully saturated rings. The lowest BCUT2D eigenvalue weighted by atomic mass is 10.1. The first kappa shape index (κ1) is 16.7. The van der Waals surface area contributed by atoms with Crippen LogP contribution in [0.15, 0.2) is 18.2 Å². The zero-order chi connectivity index (χ0) is 14.3. The van der Waals surface area contributed by atoms with Gasteiger partial charge in [-0.2, -0.15) is 0 Å². The molecule has 0 aliphatic heterocycles. The summed E-state index contributed by atoms with van der Waals surface area (Å²) in [6, 6.07) is 5.82. The van der Waals surface area contributed by atoms with Gasteiger partial charge >= 0.3 is 0 Å². The van der Waals surface area contributed by atoms with Crippen LogP contribution in [0.25, 0.3) is 0 Å². The van der Waals surface area contributed by atoms with Gasteiger partial charge in [-0.25, -0.2) is 0 Å². The molecule has 3 nitrogen and oxygen atoms in total. The largest absolute Gasteiger partial charge is 0.383 e. The minimum absolute atomic E-state index is 0.209. The van der Waals surface area contributed by atoms with Crippen LogP contribution in [-0.4, -0.2) is 45.3 Å². The second-order valence-corrected chi connectivity index (χ2v) is 5.48. The number of benzene rings is 1. The predicted octanol–water partition coefficient (Wildman–Crippen LogP) is 3.22. The van der Waals surface area contributed by atoms with Crippen LogP contribution < -0.4 is 5.32 Å². The second kappa shape index (κ2) is 8.77. The molecule has 0 aliphatic rings. The molecule has 1 rings (SSSR count). The average Bonchev–Trinajstić information content (AvgIpc) is 2.36. The monoisotopic (exact) mass is 304 g/mol. The summed E-state index contributed by atoms with van der Waals surface area (Å²) < 4.78 is 5.04. The number of likely N-dealkylation sites (N-methyl/N-ethyl adjacent to an activating group) is 1. The van der Waals surface area contributed by atoms with Crippen LogP contribution >= 0.6 is 23.2 Å². The fourth-order valence-corrected chi connectivity index (χ4v) is 2.37. The summed E-state index contributed by atoms with van der Waals surface area (Å²) in [7, 11) is 3.80. The first-order valence-electron chi connectivity index (χ1n) is 6.40. The Kier molecular flexibility index (Phi) is 7.73. The van der Waals surface area contributed by atoms with Crippen molar-refractivity contribution in [2.75, 3.05) is 40.4 Å². The Balaban J connectivity index is 2.36. The van der Waals surface area contributed by atoms with Crippen LogP contribution in [0.3, 0.4) is 0 Å². The lowest BCUT2D eigenvalue weighted by molar-refractivity contribution is 0.161. The van der Waals surface area contributed by atoms with Crippen molar-refractivity contribution in [1.29, 1.82) is 0 Å². The van der Waals surface area contributed by atoms with Gasteiger partial charge in [0, 0.05) is 42.8 Å². The van der Waals surface area contributed by atoms with Gasteiger partial charge in [0.15, 0.2) is 0 Å². The van der Waals surface area contributed by atoms with Crippen LogP contribution in [0, 0.1) is 0 Å². The molecule has 0 saturated carbocycles. The van der Waals surface area contributed by atoms with Crippen LogP contribution in [0.4, 0.5) is 0 Å². The summed E-state index contributed by atoms with van der Waals surface area (Å²) >= 11 is 12.1. The second-order valence-electron chi connectivity index (χ2n) is 4.64. The van der Waals surface area contributed by atoms with Crippen molar-refractivity contribution in [2.45, 2.75) is 13.0 Å². The van der Waals surface area contributed by atoms with Gasteiger partial charge in [0.25, 0.3) is 0 Å². The van der Waals surface area contributed by atoms with E-state index in [0.717, 1.165) is 31.8 Å². The zero-order valence-corrected chi connectivity index (χ0v) is 13.3. The van der Waals surface area contributed by atoms with E-state index in [1.807, 2.05) is 12.1 Å². The Morgan fingerprint density at radius 2 is 2.05 bits per heavy atom. The smallest absolute Gasteiger partial charge is 0.0589 e. The maximum absolute atomic E-state index is 6.18. The summed E-state index contributed by atoms with van der Waals surface area (Å²) in [4.78, 5) is 2.23. The summed E-state index contributed by atoms with van der Waals surface area (Å²) in [6.07, 6.45) is 0. The van der Waals surface area contributed by atoms with Gasteiger partial charge in [0.05, 0.1) is 6.61 Å². The third-order valence-electron chi connectivity index (χ3n) is 3.05. The highest BCUT2D eigenvalue weighted by molar-refractivity contribution is 6.35. The van der Waals surface area contributed by atoms with Crippen molar-refractivity contribution < 1.29 is 4.74 Å². The van der Waals surface area contributed by atoms with E-state index in [4.69, 9.17) is 27.9 Å². The van der Waals surface area contributed by atoms with Crippen molar-refractivity contribution in [3.8, 4) is 0 Å². The van der Waals surface area contributed by atoms with E-state index >= 15 is 0 Å². The van der Waals surface area contributed by atoms with Gasteiger partial charge in [0.2, 0.25) is 0 Å². The van der Waals surface area contributed by atoms with Crippen molar-refractivity contribution in [3.63, 3.8) is 0 Å². The Labute approximate surface area is 125 Å². The Bertz CT molecular complexity index is 388. The number of methoxy groups -OCH3 is 1. The van der Waals surface area contributed by atoms with Crippen LogP contribution in [0.1, 0.15) is 18.5 Å².